The van der Waals surface area contributed by atoms with Crippen molar-refractivity contribution in [1.82, 2.24) is 20.1 Å². The van der Waals surface area contributed by atoms with Crippen LogP contribution in [0.1, 0.15) is 27.7 Å². The van der Waals surface area contributed by atoms with Crippen LogP contribution in [-0.4, -0.2) is 58.8 Å². The van der Waals surface area contributed by atoms with E-state index in [2.05, 4.69) is 45.8 Å². The van der Waals surface area contributed by atoms with Gasteiger partial charge in [0.25, 0.3) is 0 Å². The lowest BCUT2D eigenvalue weighted by atomic mass is 10.1. The number of anilines is 1. The first-order valence-electron chi connectivity index (χ1n) is 8.21. The zero-order valence-electron chi connectivity index (χ0n) is 14.4. The Balaban J connectivity index is 1.95. The van der Waals surface area contributed by atoms with E-state index in [4.69, 9.17) is 4.74 Å². The molecule has 0 saturated carbocycles. The number of ether oxygens (including phenoxy) is 1. The predicted octanol–water partition coefficient (Wildman–Crippen LogP) is 1.39. The van der Waals surface area contributed by atoms with Gasteiger partial charge in [-0.2, -0.15) is 0 Å². The van der Waals surface area contributed by atoms with Crippen molar-refractivity contribution in [3.63, 3.8) is 0 Å². The first-order chi connectivity index (χ1) is 11.0. The topological polar surface area (TPSA) is 72.3 Å². The number of hydrogen-bond donors (Lipinski definition) is 1. The monoisotopic (exact) mass is 341 g/mol. The van der Waals surface area contributed by atoms with Crippen LogP contribution in [0.3, 0.4) is 0 Å². The van der Waals surface area contributed by atoms with Crippen molar-refractivity contribution in [3.8, 4) is 0 Å². The zero-order chi connectivity index (χ0) is 16.8. The van der Waals surface area contributed by atoms with E-state index in [1.54, 1.807) is 0 Å². The Labute approximate surface area is 142 Å². The molecule has 1 saturated heterocycles. The third-order valence-corrected chi connectivity index (χ3v) is 5.00. The molecule has 1 aromatic heterocycles. The lowest BCUT2D eigenvalue weighted by Crippen LogP contribution is -2.38. The number of amides is 1. The number of nitrogens with zero attached hydrogens (tertiary/aromatic N) is 4. The van der Waals surface area contributed by atoms with Gasteiger partial charge in [0.2, 0.25) is 11.9 Å². The van der Waals surface area contributed by atoms with Crippen LogP contribution >= 0.6 is 11.8 Å². The van der Waals surface area contributed by atoms with Gasteiger partial charge in [0.15, 0.2) is 5.16 Å². The average molecular weight is 341 g/mol. The summed E-state index contributed by atoms with van der Waals surface area (Å²) in [5, 5.41) is 12.4. The van der Waals surface area contributed by atoms with Gasteiger partial charge in [0.05, 0.1) is 19.0 Å². The molecule has 2 heterocycles. The highest BCUT2D eigenvalue weighted by atomic mass is 32.2. The van der Waals surface area contributed by atoms with E-state index in [1.807, 2.05) is 6.92 Å². The molecule has 23 heavy (non-hydrogen) atoms. The quantitative estimate of drug-likeness (QED) is 0.756. The van der Waals surface area contributed by atoms with Gasteiger partial charge in [-0.25, -0.2) is 0 Å². The van der Waals surface area contributed by atoms with Gasteiger partial charge in [-0.15, -0.1) is 10.2 Å². The van der Waals surface area contributed by atoms with Crippen LogP contribution in [-0.2, 0) is 16.1 Å². The Hall–Kier alpha value is -1.28. The molecule has 0 spiro atoms. The number of aromatic nitrogens is 3. The molecular formula is C15H27N5O2S. The number of carbonyl (C=O) groups is 1. The fraction of sp³-hybridized carbons (Fsp3) is 0.800. The molecule has 0 radical (unpaired) electrons. The summed E-state index contributed by atoms with van der Waals surface area (Å²) >= 11 is 1.44. The van der Waals surface area contributed by atoms with Crippen LogP contribution in [0.25, 0.3) is 0 Å². The van der Waals surface area contributed by atoms with Crippen LogP contribution in [0.4, 0.5) is 5.95 Å². The second kappa shape index (κ2) is 8.54. The second-order valence-corrected chi connectivity index (χ2v) is 6.96. The van der Waals surface area contributed by atoms with Crippen molar-refractivity contribution >= 4 is 23.6 Å². The van der Waals surface area contributed by atoms with Gasteiger partial charge in [0.1, 0.15) is 0 Å². The maximum absolute atomic E-state index is 12.0. The molecule has 7 nitrogen and oxygen atoms in total. The normalized spacial score (nSPS) is 16.7. The first kappa shape index (κ1) is 18.1. The molecule has 1 N–H and O–H groups in total. The first-order valence-corrected chi connectivity index (χ1v) is 9.19. The van der Waals surface area contributed by atoms with E-state index < -0.39 is 0 Å². The molecule has 0 aromatic carbocycles. The van der Waals surface area contributed by atoms with Crippen molar-refractivity contribution in [2.24, 2.45) is 5.92 Å². The SMILES string of the molecule is CCn1c(SCC(=O)NC(C)C(C)C)nnc1N1CCOCC1. The van der Waals surface area contributed by atoms with Gasteiger partial charge in [0, 0.05) is 25.7 Å². The molecular weight excluding hydrogens is 314 g/mol. The van der Waals surface area contributed by atoms with Crippen molar-refractivity contribution < 1.29 is 9.53 Å². The highest BCUT2D eigenvalue weighted by Gasteiger charge is 2.20. The molecule has 0 aliphatic carbocycles. The Morgan fingerprint density at radius 3 is 2.61 bits per heavy atom. The molecule has 1 unspecified atom stereocenters. The summed E-state index contributed by atoms with van der Waals surface area (Å²) in [6.45, 7) is 12.2. The van der Waals surface area contributed by atoms with Gasteiger partial charge in [-0.05, 0) is 19.8 Å². The maximum Gasteiger partial charge on any atom is 0.230 e. The molecule has 2 rings (SSSR count). The molecule has 130 valence electrons. The minimum Gasteiger partial charge on any atom is -0.378 e. The number of rotatable bonds is 7. The van der Waals surface area contributed by atoms with Crippen LogP contribution in [0, 0.1) is 5.92 Å². The highest BCUT2D eigenvalue weighted by Crippen LogP contribution is 2.22. The Kier molecular flexibility index (Phi) is 6.71. The molecule has 1 aliphatic heterocycles. The summed E-state index contributed by atoms with van der Waals surface area (Å²) in [7, 11) is 0. The Morgan fingerprint density at radius 2 is 2.00 bits per heavy atom. The summed E-state index contributed by atoms with van der Waals surface area (Å²) in [5.41, 5.74) is 0. The van der Waals surface area contributed by atoms with Crippen LogP contribution in [0.2, 0.25) is 0 Å². The standard InChI is InChI=1S/C15H27N5O2S/c1-5-20-14(19-6-8-22-9-7-19)17-18-15(20)23-10-13(21)16-12(4)11(2)3/h11-12H,5-10H2,1-4H3,(H,16,21). The summed E-state index contributed by atoms with van der Waals surface area (Å²) in [6, 6.07) is 0.177. The number of morpholine rings is 1. The minimum atomic E-state index is 0.0368. The van der Waals surface area contributed by atoms with E-state index in [9.17, 15) is 4.79 Å². The third kappa shape index (κ3) is 4.84. The summed E-state index contributed by atoms with van der Waals surface area (Å²) in [6.07, 6.45) is 0. The lowest BCUT2D eigenvalue weighted by Gasteiger charge is -2.27. The van der Waals surface area contributed by atoms with Gasteiger partial charge >= 0.3 is 0 Å². The largest absolute Gasteiger partial charge is 0.378 e. The van der Waals surface area contributed by atoms with E-state index in [1.165, 1.54) is 11.8 Å². The third-order valence-electron chi connectivity index (χ3n) is 4.03. The van der Waals surface area contributed by atoms with E-state index >= 15 is 0 Å². The van der Waals surface area contributed by atoms with Crippen LogP contribution in [0.15, 0.2) is 5.16 Å². The maximum atomic E-state index is 12.0. The van der Waals surface area contributed by atoms with E-state index in [0.717, 1.165) is 30.7 Å². The number of nitrogens with one attached hydrogen (secondary N) is 1. The van der Waals surface area contributed by atoms with Gasteiger partial charge in [-0.1, -0.05) is 25.6 Å². The summed E-state index contributed by atoms with van der Waals surface area (Å²) < 4.78 is 7.44. The molecule has 0 bridgehead atoms. The Bertz CT molecular complexity index is 514. The van der Waals surface area contributed by atoms with Gasteiger partial charge < -0.3 is 15.0 Å². The number of thioether (sulfide) groups is 1. The summed E-state index contributed by atoms with van der Waals surface area (Å²) in [4.78, 5) is 14.2. The molecule has 1 amide bonds. The predicted molar refractivity (Wildman–Crippen MR) is 91.9 cm³/mol. The smallest absolute Gasteiger partial charge is 0.230 e. The average Bonchev–Trinajstić information content (AvgIpc) is 2.96. The summed E-state index contributed by atoms with van der Waals surface area (Å²) in [5.74, 6) is 1.69. The molecule has 1 atom stereocenters. The number of carbonyl (C=O) groups excluding carboxylic acids is 1. The fourth-order valence-corrected chi connectivity index (χ4v) is 3.06. The molecule has 8 heteroatoms. The van der Waals surface area contributed by atoms with Crippen molar-refractivity contribution in [3.05, 3.63) is 0 Å². The number of hydrogen-bond acceptors (Lipinski definition) is 6. The fourth-order valence-electron chi connectivity index (χ4n) is 2.25. The lowest BCUT2D eigenvalue weighted by molar-refractivity contribution is -0.119. The van der Waals surface area contributed by atoms with E-state index in [0.29, 0.717) is 24.9 Å². The van der Waals surface area contributed by atoms with Crippen molar-refractivity contribution in [2.75, 3.05) is 37.0 Å². The van der Waals surface area contributed by atoms with Crippen molar-refractivity contribution in [2.45, 2.75) is 45.4 Å². The minimum absolute atomic E-state index is 0.0368. The zero-order valence-corrected chi connectivity index (χ0v) is 15.2. The molecule has 1 aromatic rings. The van der Waals surface area contributed by atoms with Crippen LogP contribution < -0.4 is 10.2 Å². The highest BCUT2D eigenvalue weighted by molar-refractivity contribution is 7.99. The molecule has 1 fully saturated rings. The van der Waals surface area contributed by atoms with E-state index in [-0.39, 0.29) is 11.9 Å². The Morgan fingerprint density at radius 1 is 1.30 bits per heavy atom. The van der Waals surface area contributed by atoms with Gasteiger partial charge in [-0.3, -0.25) is 9.36 Å². The second-order valence-electron chi connectivity index (χ2n) is 6.02. The van der Waals surface area contributed by atoms with Crippen LogP contribution in [0.5, 0.6) is 0 Å². The molecule has 1 aliphatic rings. The van der Waals surface area contributed by atoms with Crippen molar-refractivity contribution in [1.29, 1.82) is 0 Å².